The van der Waals surface area contributed by atoms with Crippen LogP contribution in [0, 0.1) is 6.92 Å². The second-order valence-electron chi connectivity index (χ2n) is 8.12. The molecule has 1 fully saturated rings. The average molecular weight is 418 g/mol. The van der Waals surface area contributed by atoms with E-state index in [0.29, 0.717) is 12.2 Å². The largest absolute Gasteiger partial charge is 0.344 e. The molecule has 0 aliphatic carbocycles. The maximum absolute atomic E-state index is 12.8. The zero-order valence-corrected chi connectivity index (χ0v) is 18.2. The number of aryl methyl sites for hydroxylation is 1. The average Bonchev–Trinajstić information content (AvgIpc) is 3.26. The van der Waals surface area contributed by atoms with Gasteiger partial charge in [0.05, 0.1) is 5.69 Å². The van der Waals surface area contributed by atoms with Gasteiger partial charge in [-0.15, -0.1) is 0 Å². The van der Waals surface area contributed by atoms with Crippen molar-refractivity contribution in [3.8, 4) is 11.3 Å². The van der Waals surface area contributed by atoms with E-state index in [0.717, 1.165) is 30.9 Å². The lowest BCUT2D eigenvalue weighted by atomic mass is 10.0. The van der Waals surface area contributed by atoms with E-state index in [-0.39, 0.29) is 17.9 Å². The number of hydrogen-bond acceptors (Lipinski definition) is 5. The molecule has 31 heavy (non-hydrogen) atoms. The molecule has 1 aliphatic rings. The van der Waals surface area contributed by atoms with E-state index in [9.17, 15) is 9.59 Å². The summed E-state index contributed by atoms with van der Waals surface area (Å²) in [5.74, 6) is -0.145. The van der Waals surface area contributed by atoms with Gasteiger partial charge in [-0.2, -0.15) is 9.78 Å². The van der Waals surface area contributed by atoms with E-state index in [1.165, 1.54) is 22.7 Å². The Morgan fingerprint density at radius 3 is 2.61 bits per heavy atom. The summed E-state index contributed by atoms with van der Waals surface area (Å²) in [5.41, 5.74) is 4.93. The molecule has 0 saturated carbocycles. The summed E-state index contributed by atoms with van der Waals surface area (Å²) >= 11 is 0. The van der Waals surface area contributed by atoms with Crippen molar-refractivity contribution < 1.29 is 9.59 Å². The van der Waals surface area contributed by atoms with Crippen LogP contribution in [0.2, 0.25) is 0 Å². The molecular weight excluding hydrogens is 390 g/mol. The number of carbonyl (C=O) groups excluding carboxylic acids is 2. The summed E-state index contributed by atoms with van der Waals surface area (Å²) in [4.78, 5) is 32.9. The maximum atomic E-state index is 12.8. The third-order valence-electron chi connectivity index (χ3n) is 5.80. The number of pyridine rings is 1. The fraction of sp³-hybridized carbons (Fsp3) is 0.333. The predicted molar refractivity (Wildman–Crippen MR) is 119 cm³/mol. The monoisotopic (exact) mass is 417 g/mol. The summed E-state index contributed by atoms with van der Waals surface area (Å²) < 4.78 is 1.27. The van der Waals surface area contributed by atoms with Gasteiger partial charge in [-0.05, 0) is 49.2 Å². The minimum atomic E-state index is -0.185. The minimum absolute atomic E-state index is 0.0549. The molecule has 0 N–H and O–H groups in total. The van der Waals surface area contributed by atoms with Gasteiger partial charge in [0.25, 0.3) is 0 Å². The number of carbonyl (C=O) groups is 2. The topological polar surface area (TPSA) is 71.3 Å². The summed E-state index contributed by atoms with van der Waals surface area (Å²) in [7, 11) is 0. The Morgan fingerprint density at radius 1 is 1.13 bits per heavy atom. The molecule has 0 spiro atoms. The SMILES string of the molecule is CC(=O)c1ccn(C(=O)N2CCN(Cc3ccc(-c4ccccn4)cc3C)C[C@H]2C)n1. The molecule has 1 saturated heterocycles. The highest BCUT2D eigenvalue weighted by atomic mass is 16.2. The number of nitrogens with zero attached hydrogens (tertiary/aromatic N) is 5. The van der Waals surface area contributed by atoms with E-state index in [1.54, 1.807) is 12.3 Å². The van der Waals surface area contributed by atoms with Crippen molar-refractivity contribution in [2.24, 2.45) is 0 Å². The smallest absolute Gasteiger partial charge is 0.318 e. The molecule has 1 amide bonds. The van der Waals surface area contributed by atoms with E-state index < -0.39 is 0 Å². The minimum Gasteiger partial charge on any atom is -0.318 e. The van der Waals surface area contributed by atoms with Crippen LogP contribution in [0.15, 0.2) is 54.9 Å². The van der Waals surface area contributed by atoms with Crippen molar-refractivity contribution in [1.29, 1.82) is 0 Å². The molecule has 1 aliphatic heterocycles. The van der Waals surface area contributed by atoms with Crippen LogP contribution in [0.4, 0.5) is 4.79 Å². The maximum Gasteiger partial charge on any atom is 0.344 e. The fourth-order valence-corrected chi connectivity index (χ4v) is 4.02. The normalized spacial score (nSPS) is 17.0. The van der Waals surface area contributed by atoms with Crippen molar-refractivity contribution in [3.63, 3.8) is 0 Å². The molecule has 7 heteroatoms. The molecule has 4 rings (SSSR count). The summed E-state index contributed by atoms with van der Waals surface area (Å²) in [6, 6.07) is 13.9. The zero-order valence-electron chi connectivity index (χ0n) is 18.2. The molecule has 3 heterocycles. The predicted octanol–water partition coefficient (Wildman–Crippen LogP) is 3.63. The van der Waals surface area contributed by atoms with Crippen LogP contribution in [0.25, 0.3) is 11.3 Å². The van der Waals surface area contributed by atoms with Crippen LogP contribution in [-0.4, -0.2) is 62.1 Å². The molecule has 3 aromatic rings. The second-order valence-corrected chi connectivity index (χ2v) is 8.12. The molecule has 160 valence electrons. The lowest BCUT2D eigenvalue weighted by Gasteiger charge is -2.39. The second kappa shape index (κ2) is 8.81. The summed E-state index contributed by atoms with van der Waals surface area (Å²) in [5, 5.41) is 4.11. The van der Waals surface area contributed by atoms with Gasteiger partial charge in [-0.25, -0.2) is 4.79 Å². The van der Waals surface area contributed by atoms with Gasteiger partial charge in [-0.3, -0.25) is 14.7 Å². The van der Waals surface area contributed by atoms with Crippen LogP contribution < -0.4 is 0 Å². The highest BCUT2D eigenvalue weighted by Crippen LogP contribution is 2.22. The lowest BCUT2D eigenvalue weighted by Crippen LogP contribution is -2.54. The number of benzene rings is 1. The highest BCUT2D eigenvalue weighted by Gasteiger charge is 2.29. The Bertz CT molecular complexity index is 1090. The number of amides is 1. The van der Waals surface area contributed by atoms with Crippen molar-refractivity contribution in [3.05, 3.63) is 71.7 Å². The first-order valence-electron chi connectivity index (χ1n) is 10.5. The van der Waals surface area contributed by atoms with Crippen molar-refractivity contribution in [2.75, 3.05) is 19.6 Å². The van der Waals surface area contributed by atoms with Gasteiger partial charge < -0.3 is 4.90 Å². The number of ketones is 1. The number of piperazine rings is 1. The standard InChI is InChI=1S/C24H27N5O2/c1-17-14-20(23-6-4-5-10-25-23)7-8-21(17)16-27-12-13-28(18(2)15-27)24(31)29-11-9-22(26-29)19(3)30/h4-11,14,18H,12-13,15-16H2,1-3H3/t18-/m1/s1. The van der Waals surface area contributed by atoms with Crippen LogP contribution in [0.1, 0.15) is 35.5 Å². The van der Waals surface area contributed by atoms with Gasteiger partial charge in [0, 0.05) is 57.1 Å². The van der Waals surface area contributed by atoms with Gasteiger partial charge in [0.1, 0.15) is 5.69 Å². The molecule has 2 aromatic heterocycles. The Morgan fingerprint density at radius 2 is 1.97 bits per heavy atom. The molecule has 1 aromatic carbocycles. The highest BCUT2D eigenvalue weighted by molar-refractivity contribution is 5.92. The van der Waals surface area contributed by atoms with Crippen molar-refractivity contribution >= 4 is 11.8 Å². The number of Topliss-reactive ketones (excluding diaryl/α,β-unsaturated/α-hetero) is 1. The Kier molecular flexibility index (Phi) is 5.95. The van der Waals surface area contributed by atoms with E-state index in [4.69, 9.17) is 0 Å². The van der Waals surface area contributed by atoms with Gasteiger partial charge in [-0.1, -0.05) is 18.2 Å². The Labute approximate surface area is 182 Å². The first-order chi connectivity index (χ1) is 14.9. The third-order valence-corrected chi connectivity index (χ3v) is 5.80. The first-order valence-corrected chi connectivity index (χ1v) is 10.5. The summed E-state index contributed by atoms with van der Waals surface area (Å²) in [6.07, 6.45) is 3.37. The van der Waals surface area contributed by atoms with Gasteiger partial charge in [0.15, 0.2) is 5.78 Å². The third kappa shape index (κ3) is 4.56. The van der Waals surface area contributed by atoms with Crippen LogP contribution >= 0.6 is 0 Å². The molecule has 0 bridgehead atoms. The lowest BCUT2D eigenvalue weighted by molar-refractivity contribution is 0.0964. The molecule has 0 radical (unpaired) electrons. The van der Waals surface area contributed by atoms with Crippen LogP contribution in [0.5, 0.6) is 0 Å². The Hall–Kier alpha value is -3.32. The van der Waals surface area contributed by atoms with E-state index >= 15 is 0 Å². The fourth-order valence-electron chi connectivity index (χ4n) is 4.02. The number of rotatable bonds is 4. The van der Waals surface area contributed by atoms with Crippen molar-refractivity contribution in [2.45, 2.75) is 33.4 Å². The molecular formula is C24H27N5O2. The summed E-state index contributed by atoms with van der Waals surface area (Å²) in [6.45, 7) is 8.68. The number of aromatic nitrogens is 3. The first kappa shape index (κ1) is 20.9. The van der Waals surface area contributed by atoms with Gasteiger partial charge >= 0.3 is 6.03 Å². The zero-order chi connectivity index (χ0) is 22.0. The van der Waals surface area contributed by atoms with Gasteiger partial charge in [0.2, 0.25) is 0 Å². The Balaban J connectivity index is 1.40. The number of hydrogen-bond donors (Lipinski definition) is 0. The van der Waals surface area contributed by atoms with Crippen LogP contribution in [0.3, 0.4) is 0 Å². The van der Waals surface area contributed by atoms with E-state index in [1.807, 2.05) is 29.3 Å². The van der Waals surface area contributed by atoms with Crippen LogP contribution in [-0.2, 0) is 6.54 Å². The molecule has 0 unspecified atom stereocenters. The molecule has 7 nitrogen and oxygen atoms in total. The van der Waals surface area contributed by atoms with Crippen molar-refractivity contribution in [1.82, 2.24) is 24.6 Å². The van der Waals surface area contributed by atoms with E-state index in [2.05, 4.69) is 47.0 Å². The quantitative estimate of drug-likeness (QED) is 0.606. The molecule has 1 atom stereocenters.